The van der Waals surface area contributed by atoms with Gasteiger partial charge in [-0.3, -0.25) is 10.1 Å². The minimum absolute atomic E-state index is 0.0635. The van der Waals surface area contributed by atoms with Gasteiger partial charge in [0.25, 0.3) is 0 Å². The van der Waals surface area contributed by atoms with E-state index in [-0.39, 0.29) is 11.6 Å². The van der Waals surface area contributed by atoms with Gasteiger partial charge in [-0.1, -0.05) is 60.7 Å². The zero-order valence-corrected chi connectivity index (χ0v) is 21.9. The molecule has 0 bridgehead atoms. The molecule has 198 valence electrons. The van der Waals surface area contributed by atoms with E-state index in [1.54, 1.807) is 20.8 Å². The number of aliphatic carboxylic acids is 1. The molecule has 3 N–H and O–H groups in total. The van der Waals surface area contributed by atoms with Gasteiger partial charge in [-0.05, 0) is 38.3 Å². The summed E-state index contributed by atoms with van der Waals surface area (Å²) in [5, 5.41) is 15.5. The molecular weight excluding hydrogens is 508 g/mol. The SMILES string of the molecule is CC(C)(C)OC(=O)Nc1ncc(C[C@H]2C(=O)N(C(=O)NC(c3ccccc3)c3ccccc3)[C@@H]2C(=O)O)s1. The van der Waals surface area contributed by atoms with Crippen LogP contribution in [0.1, 0.15) is 42.8 Å². The van der Waals surface area contributed by atoms with Crippen molar-refractivity contribution in [1.29, 1.82) is 0 Å². The average Bonchev–Trinajstić information content (AvgIpc) is 3.30. The van der Waals surface area contributed by atoms with E-state index in [0.717, 1.165) is 27.4 Å². The number of amides is 4. The predicted octanol–water partition coefficient (Wildman–Crippen LogP) is 4.44. The molecule has 0 saturated carbocycles. The van der Waals surface area contributed by atoms with Crippen LogP contribution in [0.2, 0.25) is 0 Å². The van der Waals surface area contributed by atoms with E-state index in [1.807, 2.05) is 60.7 Å². The maximum absolute atomic E-state index is 13.2. The second kappa shape index (κ2) is 11.0. The highest BCUT2D eigenvalue weighted by molar-refractivity contribution is 7.15. The van der Waals surface area contributed by atoms with Crippen molar-refractivity contribution < 1.29 is 29.0 Å². The zero-order chi connectivity index (χ0) is 27.4. The number of rotatable bonds is 7. The predicted molar refractivity (Wildman–Crippen MR) is 141 cm³/mol. The molecule has 0 spiro atoms. The van der Waals surface area contributed by atoms with Crippen LogP contribution in [0, 0.1) is 5.92 Å². The maximum Gasteiger partial charge on any atom is 0.413 e. The van der Waals surface area contributed by atoms with E-state index in [0.29, 0.717) is 4.88 Å². The molecule has 1 aliphatic rings. The molecule has 2 aromatic carbocycles. The molecule has 2 atom stereocenters. The molecule has 0 aliphatic carbocycles. The number of hydrogen-bond donors (Lipinski definition) is 3. The fraction of sp³-hybridized carbons (Fsp3) is 0.296. The molecule has 1 fully saturated rings. The summed E-state index contributed by atoms with van der Waals surface area (Å²) >= 11 is 1.11. The number of carboxylic acids is 1. The van der Waals surface area contributed by atoms with Crippen LogP contribution in [0.4, 0.5) is 14.7 Å². The number of nitrogens with one attached hydrogen (secondary N) is 2. The monoisotopic (exact) mass is 536 g/mol. The highest BCUT2D eigenvalue weighted by Gasteiger charge is 2.55. The molecule has 11 heteroatoms. The number of carbonyl (C=O) groups is 4. The Morgan fingerprint density at radius 3 is 2.16 bits per heavy atom. The first-order valence-electron chi connectivity index (χ1n) is 11.9. The highest BCUT2D eigenvalue weighted by atomic mass is 32.1. The Morgan fingerprint density at radius 1 is 1.05 bits per heavy atom. The minimum atomic E-state index is -1.33. The molecule has 1 aliphatic heterocycles. The summed E-state index contributed by atoms with van der Waals surface area (Å²) in [6.07, 6.45) is 0.858. The summed E-state index contributed by atoms with van der Waals surface area (Å²) in [5.74, 6) is -2.82. The molecule has 4 amide bonds. The smallest absolute Gasteiger partial charge is 0.413 e. The fourth-order valence-electron chi connectivity index (χ4n) is 4.17. The lowest BCUT2D eigenvalue weighted by atomic mass is 9.84. The van der Waals surface area contributed by atoms with Crippen molar-refractivity contribution >= 4 is 40.5 Å². The number of anilines is 1. The Hall–Kier alpha value is -4.25. The molecule has 3 aromatic rings. The summed E-state index contributed by atoms with van der Waals surface area (Å²) in [6.45, 7) is 5.20. The number of β-lactam (4-membered cyclic amide) rings is 1. The van der Waals surface area contributed by atoms with E-state index in [2.05, 4.69) is 15.6 Å². The molecule has 38 heavy (non-hydrogen) atoms. The van der Waals surface area contributed by atoms with Crippen molar-refractivity contribution in [3.8, 4) is 0 Å². The lowest BCUT2D eigenvalue weighted by molar-refractivity contribution is -0.165. The van der Waals surface area contributed by atoms with Gasteiger partial charge in [-0.25, -0.2) is 24.3 Å². The number of ether oxygens (including phenoxy) is 1. The van der Waals surface area contributed by atoms with Gasteiger partial charge in [-0.15, -0.1) is 11.3 Å². The second-order valence-electron chi connectivity index (χ2n) is 9.76. The maximum atomic E-state index is 13.2. The average molecular weight is 537 g/mol. The number of thiazole rings is 1. The fourth-order valence-corrected chi connectivity index (χ4v) is 5.02. The number of aromatic nitrogens is 1. The van der Waals surface area contributed by atoms with Crippen LogP contribution in [0.25, 0.3) is 0 Å². The van der Waals surface area contributed by atoms with Gasteiger partial charge in [0.1, 0.15) is 5.60 Å². The third-order valence-corrected chi connectivity index (χ3v) is 6.74. The third kappa shape index (κ3) is 6.17. The van der Waals surface area contributed by atoms with E-state index >= 15 is 0 Å². The number of imide groups is 1. The highest BCUT2D eigenvalue weighted by Crippen LogP contribution is 2.34. The van der Waals surface area contributed by atoms with Crippen molar-refractivity contribution in [3.63, 3.8) is 0 Å². The van der Waals surface area contributed by atoms with E-state index < -0.39 is 47.6 Å². The van der Waals surface area contributed by atoms with Gasteiger partial charge >= 0.3 is 18.1 Å². The molecule has 1 aromatic heterocycles. The van der Waals surface area contributed by atoms with Gasteiger partial charge in [-0.2, -0.15) is 0 Å². The van der Waals surface area contributed by atoms with Crippen molar-refractivity contribution in [2.45, 2.75) is 44.9 Å². The van der Waals surface area contributed by atoms with Crippen molar-refractivity contribution in [2.75, 3.05) is 5.32 Å². The minimum Gasteiger partial charge on any atom is -0.480 e. The van der Waals surface area contributed by atoms with Gasteiger partial charge in [0, 0.05) is 11.1 Å². The Balaban J connectivity index is 1.46. The van der Waals surface area contributed by atoms with Gasteiger partial charge < -0.3 is 15.2 Å². The topological polar surface area (TPSA) is 138 Å². The van der Waals surface area contributed by atoms with Crippen LogP contribution >= 0.6 is 11.3 Å². The third-order valence-electron chi connectivity index (χ3n) is 5.80. The number of hydrogen-bond acceptors (Lipinski definition) is 7. The first-order valence-corrected chi connectivity index (χ1v) is 12.8. The normalized spacial score (nSPS) is 17.1. The number of likely N-dealkylation sites (tertiary alicyclic amines) is 1. The van der Waals surface area contributed by atoms with Crippen LogP contribution in [-0.2, 0) is 20.7 Å². The standard InChI is InChI=1S/C27H28N4O6S/c1-27(2,3)37-26(36)30-24-28-15-18(38-24)14-19-21(23(33)34)31(22(19)32)25(35)29-20(16-10-6-4-7-11-16)17-12-8-5-9-13-17/h4-13,15,19-21H,14H2,1-3H3,(H,29,35)(H,33,34)(H,28,30,36)/t19-,21+/m1/s1. The second-order valence-corrected chi connectivity index (χ2v) is 10.9. The van der Waals surface area contributed by atoms with Gasteiger partial charge in [0.15, 0.2) is 11.2 Å². The largest absolute Gasteiger partial charge is 0.480 e. The van der Waals surface area contributed by atoms with Crippen molar-refractivity contribution in [2.24, 2.45) is 5.92 Å². The Bertz CT molecular complexity index is 1280. The summed E-state index contributed by atoms with van der Waals surface area (Å²) in [5.41, 5.74) is 0.901. The Kier molecular flexibility index (Phi) is 7.77. The summed E-state index contributed by atoms with van der Waals surface area (Å²) in [6, 6.07) is 15.7. The summed E-state index contributed by atoms with van der Waals surface area (Å²) in [7, 11) is 0. The molecule has 10 nitrogen and oxygen atoms in total. The number of nitrogens with zero attached hydrogens (tertiary/aromatic N) is 2. The van der Waals surface area contributed by atoms with Crippen molar-refractivity contribution in [1.82, 2.24) is 15.2 Å². The summed E-state index contributed by atoms with van der Waals surface area (Å²) in [4.78, 5) is 55.7. The van der Waals surface area contributed by atoms with Crippen molar-refractivity contribution in [3.05, 3.63) is 82.9 Å². The van der Waals surface area contributed by atoms with E-state index in [9.17, 15) is 24.3 Å². The van der Waals surface area contributed by atoms with Gasteiger partial charge in [0.05, 0.1) is 12.0 Å². The lowest BCUT2D eigenvalue weighted by Crippen LogP contribution is -2.68. The molecule has 1 saturated heterocycles. The zero-order valence-electron chi connectivity index (χ0n) is 21.1. The molecule has 0 unspecified atom stereocenters. The first-order chi connectivity index (χ1) is 18.0. The van der Waals surface area contributed by atoms with Gasteiger partial charge in [0.2, 0.25) is 5.91 Å². The number of carboxylic acid groups (broad SMARTS) is 1. The van der Waals surface area contributed by atoms with E-state index in [1.165, 1.54) is 6.20 Å². The first kappa shape index (κ1) is 26.8. The van der Waals surface area contributed by atoms with Crippen LogP contribution in [0.3, 0.4) is 0 Å². The Morgan fingerprint density at radius 2 is 1.63 bits per heavy atom. The lowest BCUT2D eigenvalue weighted by Gasteiger charge is -2.43. The molecule has 4 rings (SSSR count). The summed E-state index contributed by atoms with van der Waals surface area (Å²) < 4.78 is 5.20. The number of carbonyl (C=O) groups excluding carboxylic acids is 3. The number of benzene rings is 2. The van der Waals surface area contributed by atoms with Crippen LogP contribution < -0.4 is 10.6 Å². The van der Waals surface area contributed by atoms with Crippen LogP contribution in [0.5, 0.6) is 0 Å². The quantitative estimate of drug-likeness (QED) is 0.380. The molecular formula is C27H28N4O6S. The number of urea groups is 1. The molecule has 0 radical (unpaired) electrons. The van der Waals surface area contributed by atoms with Crippen LogP contribution in [0.15, 0.2) is 66.9 Å². The van der Waals surface area contributed by atoms with Crippen LogP contribution in [-0.4, -0.2) is 50.6 Å². The van der Waals surface area contributed by atoms with E-state index in [4.69, 9.17) is 4.74 Å². The molecule has 2 heterocycles. The Labute approximate surface area is 223 Å².